The van der Waals surface area contributed by atoms with Crippen molar-refractivity contribution in [3.8, 4) is 11.6 Å². The fourth-order valence-electron chi connectivity index (χ4n) is 2.83. The van der Waals surface area contributed by atoms with Crippen molar-refractivity contribution < 1.29 is 30.9 Å². The molecule has 33 heavy (non-hydrogen) atoms. The molecule has 2 heterocycles. The minimum absolute atomic E-state index is 0.0153. The Kier molecular flexibility index (Phi) is 7.40. The lowest BCUT2D eigenvalue weighted by molar-refractivity contribution is -0.137. The molecule has 3 aromatic rings. The fraction of sp³-hybridized carbons (Fsp3) is 0.250. The third kappa shape index (κ3) is 6.30. The smallest absolute Gasteiger partial charge is 0.417 e. The van der Waals surface area contributed by atoms with Crippen molar-refractivity contribution in [2.24, 2.45) is 0 Å². The van der Waals surface area contributed by atoms with Crippen LogP contribution >= 0.6 is 11.6 Å². The van der Waals surface area contributed by atoms with Crippen LogP contribution in [0.15, 0.2) is 48.9 Å². The number of nitrogens with zero attached hydrogens (tertiary/aromatic N) is 4. The van der Waals surface area contributed by atoms with Gasteiger partial charge in [0.1, 0.15) is 17.1 Å². The van der Waals surface area contributed by atoms with Gasteiger partial charge in [0.15, 0.2) is 5.82 Å². The van der Waals surface area contributed by atoms with Crippen molar-refractivity contribution in [1.29, 1.82) is 0 Å². The maximum Gasteiger partial charge on any atom is 0.417 e. The molecule has 0 saturated carbocycles. The van der Waals surface area contributed by atoms with Crippen LogP contribution in [0.5, 0.6) is 11.6 Å². The molecule has 0 spiro atoms. The normalized spacial score (nSPS) is 11.9. The number of rotatable bonds is 8. The number of anilines is 1. The van der Waals surface area contributed by atoms with E-state index in [0.29, 0.717) is 33.9 Å². The van der Waals surface area contributed by atoms with Gasteiger partial charge < -0.3 is 4.74 Å². The van der Waals surface area contributed by atoms with Gasteiger partial charge in [0.25, 0.3) is 0 Å². The highest BCUT2D eigenvalue weighted by Gasteiger charge is 2.30. The standard InChI is InChI=1S/C20H18ClF3N4O4S/c1-2-16-18(21)19(27-12-26-16)28(33(29,30)31)10-9-13-3-6-15(7-4-13)32-17-8-5-14(11-25-17)20(22,23)24/h3-8,11-12H,2,9-10H2,1H3,(H,29,30,31). The molecular formula is C20H18ClF3N4O4S. The number of alkyl halides is 3. The number of benzene rings is 1. The first-order chi connectivity index (χ1) is 15.5. The van der Waals surface area contributed by atoms with Gasteiger partial charge in [0.05, 0.1) is 11.3 Å². The zero-order chi connectivity index (χ0) is 24.2. The van der Waals surface area contributed by atoms with Crippen LogP contribution < -0.4 is 9.04 Å². The van der Waals surface area contributed by atoms with Gasteiger partial charge in [-0.1, -0.05) is 30.7 Å². The van der Waals surface area contributed by atoms with Crippen LogP contribution in [-0.4, -0.2) is 34.5 Å². The average molecular weight is 503 g/mol. The SMILES string of the molecule is CCc1ncnc(N(CCc2ccc(Oc3ccc(C(F)(F)F)cn3)cc2)S(=O)(=O)O)c1Cl. The summed E-state index contributed by atoms with van der Waals surface area (Å²) in [6.45, 7) is 1.64. The number of aromatic nitrogens is 3. The monoisotopic (exact) mass is 502 g/mol. The zero-order valence-electron chi connectivity index (χ0n) is 17.1. The highest BCUT2D eigenvalue weighted by Crippen LogP contribution is 2.30. The second-order valence-corrected chi connectivity index (χ2v) is 8.45. The first kappa shape index (κ1) is 24.7. The number of pyridine rings is 1. The zero-order valence-corrected chi connectivity index (χ0v) is 18.7. The third-order valence-electron chi connectivity index (χ3n) is 4.51. The molecule has 0 aliphatic heterocycles. The summed E-state index contributed by atoms with van der Waals surface area (Å²) in [4.78, 5) is 11.5. The van der Waals surface area contributed by atoms with Gasteiger partial charge in [0.2, 0.25) is 5.88 Å². The minimum atomic E-state index is -4.65. The summed E-state index contributed by atoms with van der Waals surface area (Å²) in [5.74, 6) is 0.182. The molecule has 1 N–H and O–H groups in total. The van der Waals surface area contributed by atoms with E-state index in [4.69, 9.17) is 16.3 Å². The van der Waals surface area contributed by atoms with Crippen molar-refractivity contribution >= 4 is 27.7 Å². The Labute approximate surface area is 192 Å². The van der Waals surface area contributed by atoms with Crippen molar-refractivity contribution in [3.05, 3.63) is 70.8 Å². The molecular weight excluding hydrogens is 485 g/mol. The highest BCUT2D eigenvalue weighted by molar-refractivity contribution is 7.87. The van der Waals surface area contributed by atoms with Gasteiger partial charge in [-0.3, -0.25) is 4.55 Å². The molecule has 0 bridgehead atoms. The predicted octanol–water partition coefficient (Wildman–Crippen LogP) is 4.75. The van der Waals surface area contributed by atoms with Crippen LogP contribution in [0.3, 0.4) is 0 Å². The largest absolute Gasteiger partial charge is 0.439 e. The van der Waals surface area contributed by atoms with Crippen LogP contribution in [0, 0.1) is 0 Å². The molecule has 13 heteroatoms. The Morgan fingerprint density at radius 3 is 2.33 bits per heavy atom. The van der Waals surface area contributed by atoms with Gasteiger partial charge in [0, 0.05) is 18.8 Å². The van der Waals surface area contributed by atoms with E-state index in [1.165, 1.54) is 6.33 Å². The summed E-state index contributed by atoms with van der Waals surface area (Å²) in [6, 6.07) is 8.36. The molecule has 1 aromatic carbocycles. The fourth-order valence-corrected chi connectivity index (χ4v) is 3.89. The number of ether oxygens (including phenoxy) is 1. The van der Waals surface area contributed by atoms with E-state index < -0.39 is 22.0 Å². The Balaban J connectivity index is 1.70. The van der Waals surface area contributed by atoms with Crippen molar-refractivity contribution in [1.82, 2.24) is 15.0 Å². The summed E-state index contributed by atoms with van der Waals surface area (Å²) in [6.07, 6.45) is -2.00. The Bertz CT molecular complexity index is 1210. The Hall–Kier alpha value is -2.96. The molecule has 2 aromatic heterocycles. The van der Waals surface area contributed by atoms with Gasteiger partial charge in [-0.15, -0.1) is 0 Å². The predicted molar refractivity (Wildman–Crippen MR) is 115 cm³/mol. The van der Waals surface area contributed by atoms with E-state index in [-0.39, 0.29) is 29.7 Å². The van der Waals surface area contributed by atoms with E-state index in [1.54, 1.807) is 31.2 Å². The third-order valence-corrected chi connectivity index (χ3v) is 5.81. The van der Waals surface area contributed by atoms with E-state index in [1.807, 2.05) is 0 Å². The summed E-state index contributed by atoms with van der Waals surface area (Å²) >= 11 is 6.20. The molecule has 176 valence electrons. The summed E-state index contributed by atoms with van der Waals surface area (Å²) < 4.78 is 77.4. The lowest BCUT2D eigenvalue weighted by atomic mass is 10.1. The van der Waals surface area contributed by atoms with Crippen molar-refractivity contribution in [2.75, 3.05) is 10.8 Å². The number of hydrogen-bond acceptors (Lipinski definition) is 6. The van der Waals surface area contributed by atoms with Gasteiger partial charge in [-0.25, -0.2) is 19.3 Å². The van der Waals surface area contributed by atoms with Gasteiger partial charge >= 0.3 is 16.5 Å². The topological polar surface area (TPSA) is 106 Å². The molecule has 0 atom stereocenters. The van der Waals surface area contributed by atoms with Crippen LogP contribution in [0.2, 0.25) is 5.02 Å². The summed E-state index contributed by atoms with van der Waals surface area (Å²) in [5, 5.41) is 0.0328. The summed E-state index contributed by atoms with van der Waals surface area (Å²) in [5.41, 5.74) is 0.245. The minimum Gasteiger partial charge on any atom is -0.439 e. The van der Waals surface area contributed by atoms with Crippen molar-refractivity contribution in [2.45, 2.75) is 25.9 Å². The Morgan fingerprint density at radius 1 is 1.09 bits per heavy atom. The maximum atomic E-state index is 12.6. The highest BCUT2D eigenvalue weighted by atomic mass is 35.5. The van der Waals surface area contributed by atoms with E-state index in [9.17, 15) is 26.1 Å². The molecule has 0 unspecified atom stereocenters. The van der Waals surface area contributed by atoms with Gasteiger partial charge in [-0.05, 0) is 36.6 Å². The molecule has 0 saturated heterocycles. The average Bonchev–Trinajstić information content (AvgIpc) is 2.75. The molecule has 0 radical (unpaired) electrons. The van der Waals surface area contributed by atoms with Gasteiger partial charge in [-0.2, -0.15) is 21.6 Å². The number of halogens is 4. The van der Waals surface area contributed by atoms with E-state index in [2.05, 4.69) is 15.0 Å². The van der Waals surface area contributed by atoms with Crippen LogP contribution in [-0.2, 0) is 29.3 Å². The second-order valence-electron chi connectivity index (χ2n) is 6.74. The van der Waals surface area contributed by atoms with E-state index >= 15 is 0 Å². The number of hydrogen-bond donors (Lipinski definition) is 1. The van der Waals surface area contributed by atoms with Crippen LogP contribution in [0.4, 0.5) is 19.0 Å². The second kappa shape index (κ2) is 9.89. The molecule has 0 fully saturated rings. The molecule has 0 aliphatic rings. The van der Waals surface area contributed by atoms with Crippen LogP contribution in [0.1, 0.15) is 23.7 Å². The molecule has 0 amide bonds. The first-order valence-corrected chi connectivity index (χ1v) is 11.3. The quantitative estimate of drug-likeness (QED) is 0.443. The molecule has 0 aliphatic carbocycles. The molecule has 3 rings (SSSR count). The lowest BCUT2D eigenvalue weighted by Crippen LogP contribution is -2.33. The lowest BCUT2D eigenvalue weighted by Gasteiger charge is -2.21. The number of aryl methyl sites for hydroxylation is 1. The Morgan fingerprint density at radius 2 is 1.79 bits per heavy atom. The maximum absolute atomic E-state index is 12.6. The van der Waals surface area contributed by atoms with Crippen molar-refractivity contribution in [3.63, 3.8) is 0 Å². The molecule has 8 nitrogen and oxygen atoms in total. The first-order valence-electron chi connectivity index (χ1n) is 9.53. The van der Waals surface area contributed by atoms with Crippen LogP contribution in [0.25, 0.3) is 0 Å². The summed E-state index contributed by atoms with van der Waals surface area (Å²) in [7, 11) is -4.65. The van der Waals surface area contributed by atoms with E-state index in [0.717, 1.165) is 12.1 Å².